The van der Waals surface area contributed by atoms with Gasteiger partial charge in [-0.3, -0.25) is 4.79 Å². The third kappa shape index (κ3) is 3.98. The highest BCUT2D eigenvalue weighted by Gasteiger charge is 2.30. The third-order valence-corrected chi connectivity index (χ3v) is 4.87. The summed E-state index contributed by atoms with van der Waals surface area (Å²) in [4.78, 5) is 14.5. The maximum absolute atomic E-state index is 12.6. The van der Waals surface area contributed by atoms with Crippen molar-refractivity contribution in [2.75, 3.05) is 13.2 Å². The van der Waals surface area contributed by atoms with Gasteiger partial charge in [0.1, 0.15) is 0 Å². The van der Waals surface area contributed by atoms with Gasteiger partial charge in [-0.1, -0.05) is 45.0 Å². The van der Waals surface area contributed by atoms with E-state index in [1.165, 1.54) is 11.8 Å². The number of nitrogens with zero attached hydrogens (tertiary/aromatic N) is 2. The highest BCUT2D eigenvalue weighted by molar-refractivity contribution is 5.78. The average Bonchev–Trinajstić information content (AvgIpc) is 3.10. The highest BCUT2D eigenvalue weighted by Crippen LogP contribution is 2.33. The summed E-state index contributed by atoms with van der Waals surface area (Å²) in [6.07, 6.45) is 3.28. The van der Waals surface area contributed by atoms with E-state index in [1.807, 2.05) is 4.90 Å². The first kappa shape index (κ1) is 18.2. The van der Waals surface area contributed by atoms with Crippen LogP contribution in [0.2, 0.25) is 0 Å². The van der Waals surface area contributed by atoms with Gasteiger partial charge in [0.15, 0.2) is 12.8 Å². The molecule has 2 heterocycles. The molecule has 26 heavy (non-hydrogen) atoms. The first-order valence-electron chi connectivity index (χ1n) is 9.07. The maximum Gasteiger partial charge on any atom is 0.379 e. The van der Waals surface area contributed by atoms with Crippen molar-refractivity contribution in [2.45, 2.75) is 45.1 Å². The van der Waals surface area contributed by atoms with Crippen molar-refractivity contribution in [3.63, 3.8) is 0 Å². The zero-order valence-electron chi connectivity index (χ0n) is 15.6. The Labute approximate surface area is 154 Å². The number of rotatable bonds is 4. The second-order valence-electron chi connectivity index (χ2n) is 7.77. The molecule has 1 saturated heterocycles. The normalized spacial score (nSPS) is 17.3. The number of hydrogen-bond donors (Lipinski definition) is 0. The molecule has 1 atom stereocenters. The average molecular weight is 354 g/mol. The van der Waals surface area contributed by atoms with Crippen LogP contribution >= 0.6 is 0 Å². The Morgan fingerprint density at radius 3 is 2.62 bits per heavy atom. The van der Waals surface area contributed by atoms with Crippen LogP contribution in [0.5, 0.6) is 5.88 Å². The molecule has 1 fully saturated rings. The van der Waals surface area contributed by atoms with Crippen molar-refractivity contribution in [3.05, 3.63) is 65.0 Å². The Morgan fingerprint density at radius 1 is 1.23 bits per heavy atom. The van der Waals surface area contributed by atoms with E-state index < -0.39 is 0 Å². The molecule has 1 aromatic heterocycles. The van der Waals surface area contributed by atoms with Gasteiger partial charge < -0.3 is 14.8 Å². The van der Waals surface area contributed by atoms with Gasteiger partial charge in [0, 0.05) is 12.6 Å². The number of hydrogen-bond acceptors (Lipinski definition) is 3. The van der Waals surface area contributed by atoms with Crippen molar-refractivity contribution in [3.8, 4) is 5.88 Å². The van der Waals surface area contributed by atoms with Crippen molar-refractivity contribution in [1.82, 2.24) is 4.90 Å². The van der Waals surface area contributed by atoms with E-state index in [9.17, 15) is 10.0 Å². The summed E-state index contributed by atoms with van der Waals surface area (Å²) >= 11 is 0. The Kier molecular flexibility index (Phi) is 5.16. The molecule has 0 saturated carbocycles. The quantitative estimate of drug-likeness (QED) is 0.625. The topological polar surface area (TPSA) is 56.5 Å². The molecule has 0 spiro atoms. The molecular weight excluding hydrogens is 328 g/mol. The van der Waals surface area contributed by atoms with Gasteiger partial charge >= 0.3 is 5.88 Å². The lowest BCUT2D eigenvalue weighted by atomic mass is 9.86. The van der Waals surface area contributed by atoms with Gasteiger partial charge in [0.2, 0.25) is 0 Å². The molecule has 0 radical (unpaired) electrons. The molecule has 2 aromatic rings. The van der Waals surface area contributed by atoms with Gasteiger partial charge in [0.25, 0.3) is 5.91 Å². The Bertz CT molecular complexity index is 766. The standard InChI is InChI=1S/C21H26N2O3/c1-21(2,3)17-11-9-16(10-12-17)18-7-6-13-22(18)19(24)15-26-20-8-4-5-14-23(20)25/h4-5,8-12,14,18H,6-7,13,15H2,1-3H3. The van der Waals surface area contributed by atoms with E-state index in [0.717, 1.165) is 24.9 Å². The second-order valence-corrected chi connectivity index (χ2v) is 7.77. The van der Waals surface area contributed by atoms with Crippen LogP contribution in [0.1, 0.15) is 50.8 Å². The molecule has 1 amide bonds. The predicted octanol–water partition coefficient (Wildman–Crippen LogP) is 3.36. The van der Waals surface area contributed by atoms with Gasteiger partial charge in [-0.05, 0) is 35.4 Å². The maximum atomic E-state index is 12.6. The molecule has 5 heteroatoms. The number of carbonyl (C=O) groups excluding carboxylic acids is 1. The SMILES string of the molecule is CC(C)(C)c1ccc(C2CCCN2C(=O)COc2cccc[n+]2[O-])cc1. The lowest BCUT2D eigenvalue weighted by molar-refractivity contribution is -0.612. The van der Waals surface area contributed by atoms with E-state index >= 15 is 0 Å². The first-order valence-corrected chi connectivity index (χ1v) is 9.07. The summed E-state index contributed by atoms with van der Waals surface area (Å²) in [5.74, 6) is 0.0578. The fraction of sp³-hybridized carbons (Fsp3) is 0.429. The summed E-state index contributed by atoms with van der Waals surface area (Å²) in [5, 5.41) is 11.6. The molecule has 3 rings (SSSR count). The first-order chi connectivity index (χ1) is 12.4. The van der Waals surface area contributed by atoms with Crippen LogP contribution in [0, 0.1) is 5.21 Å². The van der Waals surface area contributed by atoms with E-state index in [0.29, 0.717) is 4.73 Å². The number of carbonyl (C=O) groups is 1. The van der Waals surface area contributed by atoms with Crippen LogP contribution < -0.4 is 9.47 Å². The van der Waals surface area contributed by atoms with Crippen molar-refractivity contribution < 1.29 is 14.3 Å². The monoisotopic (exact) mass is 354 g/mol. The molecule has 138 valence electrons. The molecule has 1 aromatic carbocycles. The molecular formula is C21H26N2O3. The molecule has 0 aliphatic carbocycles. The molecule has 1 unspecified atom stereocenters. The molecule has 0 N–H and O–H groups in total. The lowest BCUT2D eigenvalue weighted by Gasteiger charge is -2.26. The Hall–Kier alpha value is -2.56. The second kappa shape index (κ2) is 7.36. The van der Waals surface area contributed by atoms with Crippen LogP contribution in [-0.4, -0.2) is 24.0 Å². The van der Waals surface area contributed by atoms with Gasteiger partial charge in [0.05, 0.1) is 12.1 Å². The lowest BCUT2D eigenvalue weighted by Crippen LogP contribution is -2.36. The van der Waals surface area contributed by atoms with Gasteiger partial charge in [-0.25, -0.2) is 0 Å². The summed E-state index contributed by atoms with van der Waals surface area (Å²) in [7, 11) is 0. The third-order valence-electron chi connectivity index (χ3n) is 4.87. The minimum atomic E-state index is -0.122. The van der Waals surface area contributed by atoms with Gasteiger partial charge in [-0.2, -0.15) is 0 Å². The number of amides is 1. The molecule has 0 bridgehead atoms. The Balaban J connectivity index is 1.67. The van der Waals surface area contributed by atoms with Crippen molar-refractivity contribution in [1.29, 1.82) is 0 Å². The fourth-order valence-corrected chi connectivity index (χ4v) is 3.36. The smallest absolute Gasteiger partial charge is 0.379 e. The Morgan fingerprint density at radius 2 is 1.96 bits per heavy atom. The highest BCUT2D eigenvalue weighted by atomic mass is 16.6. The number of benzene rings is 1. The number of aromatic nitrogens is 1. The largest absolute Gasteiger partial charge is 0.616 e. The van der Waals surface area contributed by atoms with Crippen LogP contribution in [-0.2, 0) is 10.2 Å². The van der Waals surface area contributed by atoms with Crippen LogP contribution in [0.15, 0.2) is 48.7 Å². The van der Waals surface area contributed by atoms with E-state index in [4.69, 9.17) is 4.74 Å². The van der Waals surface area contributed by atoms with Crippen LogP contribution in [0.25, 0.3) is 0 Å². The van der Waals surface area contributed by atoms with E-state index in [1.54, 1.807) is 18.2 Å². The number of ether oxygens (including phenoxy) is 1. The summed E-state index contributed by atoms with van der Waals surface area (Å²) < 4.78 is 6.04. The van der Waals surface area contributed by atoms with Gasteiger partial charge in [-0.15, -0.1) is 4.73 Å². The predicted molar refractivity (Wildman–Crippen MR) is 99.7 cm³/mol. The van der Waals surface area contributed by atoms with Crippen molar-refractivity contribution in [2.24, 2.45) is 0 Å². The zero-order valence-corrected chi connectivity index (χ0v) is 15.6. The molecule has 1 aliphatic heterocycles. The zero-order chi connectivity index (χ0) is 18.7. The van der Waals surface area contributed by atoms with Crippen LogP contribution in [0.4, 0.5) is 0 Å². The molecule has 5 nitrogen and oxygen atoms in total. The van der Waals surface area contributed by atoms with Crippen LogP contribution in [0.3, 0.4) is 0 Å². The summed E-state index contributed by atoms with van der Waals surface area (Å²) in [6, 6.07) is 13.5. The minimum absolute atomic E-state index is 0.0790. The van der Waals surface area contributed by atoms with E-state index in [-0.39, 0.29) is 29.9 Å². The minimum Gasteiger partial charge on any atom is -0.616 e. The fourth-order valence-electron chi connectivity index (χ4n) is 3.36. The number of likely N-dealkylation sites (tertiary alicyclic amines) is 1. The molecule has 1 aliphatic rings. The number of pyridine rings is 1. The van der Waals surface area contributed by atoms with E-state index in [2.05, 4.69) is 45.0 Å². The summed E-state index contributed by atoms with van der Waals surface area (Å²) in [6.45, 7) is 7.17. The van der Waals surface area contributed by atoms with Crippen molar-refractivity contribution >= 4 is 5.91 Å². The summed E-state index contributed by atoms with van der Waals surface area (Å²) in [5.41, 5.74) is 2.55.